The summed E-state index contributed by atoms with van der Waals surface area (Å²) in [6.07, 6.45) is 7.08. The molecule has 9 aromatic rings. The monoisotopic (exact) mass is 630 g/mol. The van der Waals surface area contributed by atoms with Gasteiger partial charge >= 0.3 is 0 Å². The third kappa shape index (κ3) is 5.49. The molecule has 5 aromatic heterocycles. The minimum absolute atomic E-state index is 0.617. The number of hydrogen-bond donors (Lipinski definition) is 0. The van der Waals surface area contributed by atoms with E-state index < -0.39 is 0 Å². The molecule has 0 radical (unpaired) electrons. The Kier molecular flexibility index (Phi) is 6.98. The second-order valence-corrected chi connectivity index (χ2v) is 11.7. The zero-order chi connectivity index (χ0) is 32.6. The highest BCUT2D eigenvalue weighted by Crippen LogP contribution is 2.36. The molecule has 49 heavy (non-hydrogen) atoms. The van der Waals surface area contributed by atoms with Gasteiger partial charge in [-0.25, -0.2) is 19.9 Å². The van der Waals surface area contributed by atoms with Gasteiger partial charge < -0.3 is 4.42 Å². The van der Waals surface area contributed by atoms with Gasteiger partial charge in [-0.2, -0.15) is 0 Å². The number of rotatable bonds is 6. The van der Waals surface area contributed by atoms with Crippen LogP contribution in [0, 0.1) is 0 Å². The Morgan fingerprint density at radius 1 is 0.347 bits per heavy atom. The highest BCUT2D eigenvalue weighted by atomic mass is 16.3. The maximum atomic E-state index is 6.32. The first-order chi connectivity index (χ1) is 24.2. The molecular weight excluding hydrogens is 605 g/mol. The van der Waals surface area contributed by atoms with E-state index in [1.54, 1.807) is 24.8 Å². The maximum absolute atomic E-state index is 6.32. The molecule has 0 amide bonds. The second-order valence-electron chi connectivity index (χ2n) is 11.7. The topological polar surface area (TPSA) is 90.5 Å². The lowest BCUT2D eigenvalue weighted by molar-refractivity contribution is 0.669. The predicted molar refractivity (Wildman–Crippen MR) is 193 cm³/mol. The van der Waals surface area contributed by atoms with Crippen molar-refractivity contribution in [2.45, 2.75) is 0 Å². The van der Waals surface area contributed by atoms with Crippen molar-refractivity contribution in [3.8, 4) is 67.8 Å². The van der Waals surface area contributed by atoms with Crippen LogP contribution in [-0.4, -0.2) is 29.9 Å². The fraction of sp³-hybridized carbons (Fsp3) is 0. The lowest BCUT2D eigenvalue weighted by Gasteiger charge is -2.10. The summed E-state index contributed by atoms with van der Waals surface area (Å²) >= 11 is 0. The number of pyridine rings is 2. The molecule has 0 bridgehead atoms. The summed E-state index contributed by atoms with van der Waals surface area (Å²) < 4.78 is 6.32. The smallest absolute Gasteiger partial charge is 0.161 e. The highest BCUT2D eigenvalue weighted by Gasteiger charge is 2.16. The molecule has 0 saturated heterocycles. The first-order valence-electron chi connectivity index (χ1n) is 15.9. The summed E-state index contributed by atoms with van der Waals surface area (Å²) in [5.74, 6) is 1.23. The molecule has 0 aliphatic carbocycles. The van der Waals surface area contributed by atoms with Crippen molar-refractivity contribution >= 4 is 21.9 Å². The van der Waals surface area contributed by atoms with Crippen molar-refractivity contribution in [3.63, 3.8) is 0 Å². The average molecular weight is 631 g/mol. The van der Waals surface area contributed by atoms with Gasteiger partial charge in [0.2, 0.25) is 0 Å². The van der Waals surface area contributed by atoms with E-state index in [0.717, 1.165) is 78.1 Å². The minimum atomic E-state index is 0.617. The lowest BCUT2D eigenvalue weighted by atomic mass is 10.0. The van der Waals surface area contributed by atoms with Crippen molar-refractivity contribution < 1.29 is 4.42 Å². The van der Waals surface area contributed by atoms with Gasteiger partial charge in [0.25, 0.3) is 0 Å². The SMILES string of the molecule is c1ccc(-c2cc(-c3ccc4oc5ccc(-c6cc(-c7ccccc7)nc(-c7cccnc7)n6)cc5c4c3)nc(-c3cccnc3)n2)cc1. The van der Waals surface area contributed by atoms with Gasteiger partial charge in [0, 0.05) is 68.9 Å². The molecule has 0 N–H and O–H groups in total. The molecule has 0 saturated carbocycles. The van der Waals surface area contributed by atoms with E-state index in [2.05, 4.69) is 46.4 Å². The zero-order valence-corrected chi connectivity index (χ0v) is 26.1. The van der Waals surface area contributed by atoms with Crippen molar-refractivity contribution in [2.24, 2.45) is 0 Å². The van der Waals surface area contributed by atoms with Gasteiger partial charge in [-0.05, 0) is 72.8 Å². The van der Waals surface area contributed by atoms with Gasteiger partial charge in [0.15, 0.2) is 11.6 Å². The second kappa shape index (κ2) is 12.1. The van der Waals surface area contributed by atoms with Gasteiger partial charge in [0.05, 0.1) is 22.8 Å². The predicted octanol–water partition coefficient (Wildman–Crippen LogP) is 9.96. The van der Waals surface area contributed by atoms with E-state index in [-0.39, 0.29) is 0 Å². The summed E-state index contributed by atoms with van der Waals surface area (Å²) in [7, 11) is 0. The zero-order valence-electron chi connectivity index (χ0n) is 26.1. The van der Waals surface area contributed by atoms with Gasteiger partial charge in [-0.1, -0.05) is 60.7 Å². The summed E-state index contributed by atoms with van der Waals surface area (Å²) in [6, 6.07) is 44.5. The number of fused-ring (bicyclic) bond motifs is 3. The molecule has 0 fully saturated rings. The van der Waals surface area contributed by atoms with Crippen LogP contribution < -0.4 is 0 Å². The largest absolute Gasteiger partial charge is 0.456 e. The summed E-state index contributed by atoms with van der Waals surface area (Å²) in [6.45, 7) is 0. The van der Waals surface area contributed by atoms with Crippen molar-refractivity contribution in [1.82, 2.24) is 29.9 Å². The standard InChI is InChI=1S/C42H26N6O/c1-3-9-27(10-4-1)35-23-37(47-41(45-35)31-13-7-19-43-25-31)29-15-17-39-33(21-29)34-22-30(16-18-40(34)49-39)38-24-36(28-11-5-2-6-12-28)46-42(48-38)32-14-8-20-44-26-32/h1-26H. The van der Waals surface area contributed by atoms with E-state index in [1.807, 2.05) is 97.1 Å². The summed E-state index contributed by atoms with van der Waals surface area (Å²) in [5.41, 5.74) is 10.5. The van der Waals surface area contributed by atoms with Crippen LogP contribution >= 0.6 is 0 Å². The third-order valence-corrected chi connectivity index (χ3v) is 8.49. The number of nitrogens with zero attached hydrogens (tertiary/aromatic N) is 6. The Balaban J connectivity index is 1.19. The molecule has 7 heteroatoms. The Bertz CT molecular complexity index is 2290. The Labute approximate surface area is 281 Å². The van der Waals surface area contributed by atoms with Crippen LogP contribution in [0.25, 0.3) is 89.7 Å². The van der Waals surface area contributed by atoms with Gasteiger partial charge in [-0.15, -0.1) is 0 Å². The van der Waals surface area contributed by atoms with Gasteiger partial charge in [0.1, 0.15) is 11.2 Å². The maximum Gasteiger partial charge on any atom is 0.161 e. The van der Waals surface area contributed by atoms with E-state index in [0.29, 0.717) is 11.6 Å². The van der Waals surface area contributed by atoms with Crippen LogP contribution in [0.15, 0.2) is 163 Å². The molecule has 0 aliphatic heterocycles. The fourth-order valence-electron chi connectivity index (χ4n) is 6.05. The summed E-state index contributed by atoms with van der Waals surface area (Å²) in [5, 5.41) is 1.98. The number of benzene rings is 4. The number of furan rings is 1. The number of aromatic nitrogens is 6. The molecule has 0 unspecified atom stereocenters. The van der Waals surface area contributed by atoms with Crippen LogP contribution in [0.5, 0.6) is 0 Å². The van der Waals surface area contributed by atoms with E-state index in [4.69, 9.17) is 24.4 Å². The van der Waals surface area contributed by atoms with Crippen molar-refractivity contribution in [1.29, 1.82) is 0 Å². The van der Waals surface area contributed by atoms with E-state index >= 15 is 0 Å². The molecule has 0 spiro atoms. The lowest BCUT2D eigenvalue weighted by Crippen LogP contribution is -1.96. The quantitative estimate of drug-likeness (QED) is 0.181. The van der Waals surface area contributed by atoms with Crippen LogP contribution in [0.1, 0.15) is 0 Å². The molecule has 5 heterocycles. The van der Waals surface area contributed by atoms with Crippen LogP contribution in [0.4, 0.5) is 0 Å². The highest BCUT2D eigenvalue weighted by molar-refractivity contribution is 6.07. The normalized spacial score (nSPS) is 11.3. The fourth-order valence-corrected chi connectivity index (χ4v) is 6.05. The first kappa shape index (κ1) is 28.4. The van der Waals surface area contributed by atoms with E-state index in [9.17, 15) is 0 Å². The first-order valence-corrected chi connectivity index (χ1v) is 15.9. The Morgan fingerprint density at radius 2 is 0.755 bits per heavy atom. The number of hydrogen-bond acceptors (Lipinski definition) is 7. The molecule has 0 atom stereocenters. The third-order valence-electron chi connectivity index (χ3n) is 8.49. The van der Waals surface area contributed by atoms with Crippen LogP contribution in [0.3, 0.4) is 0 Å². The van der Waals surface area contributed by atoms with Gasteiger partial charge in [-0.3, -0.25) is 9.97 Å². The average Bonchev–Trinajstić information content (AvgIpc) is 3.56. The molecular formula is C42H26N6O. The Morgan fingerprint density at radius 3 is 1.16 bits per heavy atom. The van der Waals surface area contributed by atoms with Crippen molar-refractivity contribution in [2.75, 3.05) is 0 Å². The molecule has 9 rings (SSSR count). The molecule has 0 aliphatic rings. The molecule has 230 valence electrons. The molecule has 7 nitrogen and oxygen atoms in total. The minimum Gasteiger partial charge on any atom is -0.456 e. The van der Waals surface area contributed by atoms with Crippen LogP contribution in [0.2, 0.25) is 0 Å². The van der Waals surface area contributed by atoms with Crippen LogP contribution in [-0.2, 0) is 0 Å². The summed E-state index contributed by atoms with van der Waals surface area (Å²) in [4.78, 5) is 28.5. The van der Waals surface area contributed by atoms with E-state index in [1.165, 1.54) is 0 Å². The van der Waals surface area contributed by atoms with Crippen molar-refractivity contribution in [3.05, 3.63) is 158 Å². The molecule has 4 aromatic carbocycles. The Hall–Kier alpha value is -6.86.